The number of carbonyl (C=O) groups is 1. The van der Waals surface area contributed by atoms with Crippen molar-refractivity contribution in [2.45, 2.75) is 45.3 Å². The molecular weight excluding hydrogens is 445 g/mol. The molecule has 182 valence electrons. The lowest BCUT2D eigenvalue weighted by Crippen LogP contribution is -2.45. The number of aryl methyl sites for hydroxylation is 1. The van der Waals surface area contributed by atoms with E-state index in [4.69, 9.17) is 9.47 Å². The lowest BCUT2D eigenvalue weighted by atomic mass is 9.81. The molecule has 1 aromatic heterocycles. The molecule has 0 unspecified atom stereocenters. The number of imidazole rings is 1. The molecule has 2 bridgehead atoms. The number of hydrogen-bond donors (Lipinski definition) is 0. The summed E-state index contributed by atoms with van der Waals surface area (Å²) in [4.78, 5) is 19.9. The van der Waals surface area contributed by atoms with E-state index < -0.39 is 5.60 Å². The molecule has 1 amide bonds. The van der Waals surface area contributed by atoms with Crippen LogP contribution >= 0.6 is 0 Å². The summed E-state index contributed by atoms with van der Waals surface area (Å²) in [6.45, 7) is 6.63. The van der Waals surface area contributed by atoms with Crippen LogP contribution in [0.5, 0.6) is 5.75 Å². The van der Waals surface area contributed by atoms with Crippen LogP contribution in [-0.4, -0.2) is 39.6 Å². The third kappa shape index (κ3) is 4.43. The molecule has 2 aliphatic rings. The van der Waals surface area contributed by atoms with Crippen LogP contribution in [-0.2, 0) is 9.53 Å². The molecule has 2 aromatic carbocycles. The van der Waals surface area contributed by atoms with Gasteiger partial charge in [-0.05, 0) is 75.1 Å². The second kappa shape index (κ2) is 8.87. The van der Waals surface area contributed by atoms with Crippen LogP contribution in [0.2, 0.25) is 0 Å². The summed E-state index contributed by atoms with van der Waals surface area (Å²) >= 11 is 0. The summed E-state index contributed by atoms with van der Waals surface area (Å²) < 4.78 is 27.5. The minimum atomic E-state index is -0.498. The van der Waals surface area contributed by atoms with E-state index in [-0.39, 0.29) is 23.7 Å². The van der Waals surface area contributed by atoms with E-state index >= 15 is 0 Å². The SMILES string of the molecule is COc1cc(/C=C2\OC(C)(C)[C@@H]3CC[C@@H](c4ccc(F)cc4)N(C3)C2=O)ccc1-n1cnc(C)c1. The van der Waals surface area contributed by atoms with Crippen molar-refractivity contribution in [3.63, 3.8) is 0 Å². The number of rotatable bonds is 4. The molecule has 35 heavy (non-hydrogen) atoms. The number of piperidine rings is 1. The first-order chi connectivity index (χ1) is 16.7. The highest BCUT2D eigenvalue weighted by Crippen LogP contribution is 2.43. The second-order valence-corrected chi connectivity index (χ2v) is 9.87. The molecule has 3 aromatic rings. The summed E-state index contributed by atoms with van der Waals surface area (Å²) in [6, 6.07) is 12.1. The predicted octanol–water partition coefficient (Wildman–Crippen LogP) is 5.46. The molecule has 7 heteroatoms. The van der Waals surface area contributed by atoms with Gasteiger partial charge in [0.15, 0.2) is 5.76 Å². The fraction of sp³-hybridized carbons (Fsp3) is 0.357. The van der Waals surface area contributed by atoms with Crippen molar-refractivity contribution in [1.29, 1.82) is 0 Å². The van der Waals surface area contributed by atoms with Gasteiger partial charge < -0.3 is 18.9 Å². The first-order valence-electron chi connectivity index (χ1n) is 11.9. The van der Waals surface area contributed by atoms with E-state index in [1.165, 1.54) is 12.1 Å². The highest BCUT2D eigenvalue weighted by molar-refractivity contribution is 5.96. The number of methoxy groups -OCH3 is 1. The molecule has 2 atom stereocenters. The molecular formula is C28H30FN3O3. The van der Waals surface area contributed by atoms with E-state index in [0.29, 0.717) is 18.1 Å². The number of aromatic nitrogens is 2. The van der Waals surface area contributed by atoms with Gasteiger partial charge in [-0.25, -0.2) is 9.37 Å². The summed E-state index contributed by atoms with van der Waals surface area (Å²) in [7, 11) is 1.62. The molecule has 0 saturated carbocycles. The van der Waals surface area contributed by atoms with Crippen LogP contribution in [0.4, 0.5) is 4.39 Å². The average molecular weight is 476 g/mol. The molecule has 6 nitrogen and oxygen atoms in total. The molecule has 0 N–H and O–H groups in total. The second-order valence-electron chi connectivity index (χ2n) is 9.87. The largest absolute Gasteiger partial charge is 0.495 e. The fourth-order valence-electron chi connectivity index (χ4n) is 5.14. The lowest BCUT2D eigenvalue weighted by Gasteiger charge is -2.41. The minimum absolute atomic E-state index is 0.110. The smallest absolute Gasteiger partial charge is 0.289 e. The fourth-order valence-corrected chi connectivity index (χ4v) is 5.14. The van der Waals surface area contributed by atoms with Gasteiger partial charge in [0.25, 0.3) is 5.91 Å². The van der Waals surface area contributed by atoms with Crippen LogP contribution < -0.4 is 4.74 Å². The first-order valence-corrected chi connectivity index (χ1v) is 11.9. The van der Waals surface area contributed by atoms with Crippen molar-refractivity contribution in [3.05, 3.63) is 83.4 Å². The van der Waals surface area contributed by atoms with Crippen molar-refractivity contribution < 1.29 is 18.7 Å². The van der Waals surface area contributed by atoms with E-state index in [2.05, 4.69) is 4.98 Å². The Labute approximate surface area is 205 Å². The van der Waals surface area contributed by atoms with Crippen LogP contribution in [0, 0.1) is 18.7 Å². The predicted molar refractivity (Wildman–Crippen MR) is 132 cm³/mol. The Hall–Kier alpha value is -3.61. The van der Waals surface area contributed by atoms with E-state index in [1.807, 2.05) is 54.6 Å². The third-order valence-electron chi connectivity index (χ3n) is 7.16. The number of ether oxygens (including phenoxy) is 2. The third-order valence-corrected chi connectivity index (χ3v) is 7.16. The normalized spacial score (nSPS) is 22.6. The Kier molecular flexibility index (Phi) is 5.87. The van der Waals surface area contributed by atoms with Crippen LogP contribution in [0.1, 0.15) is 49.6 Å². The van der Waals surface area contributed by atoms with Gasteiger partial charge in [0.2, 0.25) is 0 Å². The van der Waals surface area contributed by atoms with Crippen molar-refractivity contribution in [1.82, 2.24) is 14.5 Å². The number of carbonyl (C=O) groups excluding carboxylic acids is 1. The highest BCUT2D eigenvalue weighted by atomic mass is 19.1. The summed E-state index contributed by atoms with van der Waals surface area (Å²) in [5.41, 5.74) is 3.02. The zero-order valence-corrected chi connectivity index (χ0v) is 20.5. The summed E-state index contributed by atoms with van der Waals surface area (Å²) in [6.07, 6.45) is 7.21. The number of amides is 1. The zero-order chi connectivity index (χ0) is 24.7. The van der Waals surface area contributed by atoms with Gasteiger partial charge in [-0.3, -0.25) is 4.79 Å². The maximum atomic E-state index is 13.8. The molecule has 5 rings (SSSR count). The van der Waals surface area contributed by atoms with Crippen LogP contribution in [0.25, 0.3) is 11.8 Å². The quantitative estimate of drug-likeness (QED) is 0.471. The Morgan fingerprint density at radius 1 is 1.17 bits per heavy atom. The lowest BCUT2D eigenvalue weighted by molar-refractivity contribution is -0.132. The van der Waals surface area contributed by atoms with Crippen LogP contribution in [0.3, 0.4) is 0 Å². The highest BCUT2D eigenvalue weighted by Gasteiger charge is 2.45. The first kappa shape index (κ1) is 23.1. The number of fused-ring (bicyclic) bond motifs is 2. The van der Waals surface area contributed by atoms with E-state index in [9.17, 15) is 9.18 Å². The van der Waals surface area contributed by atoms with Gasteiger partial charge >= 0.3 is 0 Å². The average Bonchev–Trinajstić information content (AvgIpc) is 3.26. The van der Waals surface area contributed by atoms with Gasteiger partial charge in [-0.2, -0.15) is 0 Å². The summed E-state index contributed by atoms with van der Waals surface area (Å²) in [5.74, 6) is 0.747. The van der Waals surface area contributed by atoms with Gasteiger partial charge in [0.05, 0.1) is 30.9 Å². The molecule has 2 aliphatic heterocycles. The van der Waals surface area contributed by atoms with E-state index in [0.717, 1.165) is 35.3 Å². The Morgan fingerprint density at radius 3 is 2.63 bits per heavy atom. The van der Waals surface area contributed by atoms with Gasteiger partial charge in [0, 0.05) is 18.7 Å². The van der Waals surface area contributed by atoms with Gasteiger partial charge in [-0.15, -0.1) is 0 Å². The van der Waals surface area contributed by atoms with Gasteiger partial charge in [-0.1, -0.05) is 18.2 Å². The zero-order valence-electron chi connectivity index (χ0n) is 20.5. The molecule has 0 radical (unpaired) electrons. The standard InChI is InChI=1S/C28H30FN3O3/c1-18-15-31(17-30-18)24-11-5-19(13-25(24)34-4)14-26-27(33)32-16-21(28(2,3)35-26)8-12-23(32)20-6-9-22(29)10-7-20/h5-7,9-11,13-15,17,21,23H,8,12,16H2,1-4H3/b26-14-/t21-,23+/m1/s1. The number of halogens is 1. The van der Waals surface area contributed by atoms with Crippen molar-refractivity contribution in [3.8, 4) is 11.4 Å². The van der Waals surface area contributed by atoms with Crippen molar-refractivity contribution in [2.24, 2.45) is 5.92 Å². The molecule has 0 spiro atoms. The molecule has 2 saturated heterocycles. The Balaban J connectivity index is 1.51. The Morgan fingerprint density at radius 2 is 1.94 bits per heavy atom. The van der Waals surface area contributed by atoms with Crippen molar-refractivity contribution in [2.75, 3.05) is 13.7 Å². The Bertz CT molecular complexity index is 1280. The maximum Gasteiger partial charge on any atom is 0.289 e. The summed E-state index contributed by atoms with van der Waals surface area (Å²) in [5, 5.41) is 0. The monoisotopic (exact) mass is 475 g/mol. The number of benzene rings is 2. The van der Waals surface area contributed by atoms with Crippen molar-refractivity contribution >= 4 is 12.0 Å². The van der Waals surface area contributed by atoms with Crippen LogP contribution in [0.15, 0.2) is 60.7 Å². The molecule has 0 aliphatic carbocycles. The number of hydrogen-bond acceptors (Lipinski definition) is 4. The van der Waals surface area contributed by atoms with Gasteiger partial charge in [0.1, 0.15) is 17.2 Å². The minimum Gasteiger partial charge on any atom is -0.495 e. The molecule has 3 heterocycles. The van der Waals surface area contributed by atoms with E-state index in [1.54, 1.807) is 31.6 Å². The number of nitrogens with zero attached hydrogens (tertiary/aromatic N) is 3. The topological polar surface area (TPSA) is 56.6 Å². The maximum absolute atomic E-state index is 13.8. The molecule has 2 fully saturated rings.